The number of unbranched alkanes of at least 4 members (excludes halogenated alkanes) is 5. The molecule has 24 heavy (non-hydrogen) atoms. The van der Waals surface area contributed by atoms with Crippen molar-refractivity contribution >= 4 is 6.03 Å². The molecule has 3 N–H and O–H groups in total. The van der Waals surface area contributed by atoms with Crippen LogP contribution in [0, 0.1) is 5.92 Å². The predicted molar refractivity (Wildman–Crippen MR) is 100.0 cm³/mol. The molecule has 0 aliphatic rings. The van der Waals surface area contributed by atoms with E-state index < -0.39 is 11.8 Å². The first-order valence-corrected chi connectivity index (χ1v) is 9.81. The summed E-state index contributed by atoms with van der Waals surface area (Å²) in [5, 5.41) is 2.74. The van der Waals surface area contributed by atoms with E-state index in [1.165, 1.54) is 32.1 Å². The van der Waals surface area contributed by atoms with Gasteiger partial charge in [0.15, 0.2) is 5.79 Å². The van der Waals surface area contributed by atoms with E-state index in [2.05, 4.69) is 26.1 Å². The van der Waals surface area contributed by atoms with Crippen LogP contribution in [0.15, 0.2) is 0 Å². The molecule has 5 heteroatoms. The Hall–Kier alpha value is -0.810. The summed E-state index contributed by atoms with van der Waals surface area (Å²) in [6.45, 7) is 10.2. The van der Waals surface area contributed by atoms with Crippen molar-refractivity contribution in [3.05, 3.63) is 0 Å². The number of primary amides is 1. The quantitative estimate of drug-likeness (QED) is 0.318. The Morgan fingerprint density at radius 1 is 0.958 bits per heavy atom. The van der Waals surface area contributed by atoms with Gasteiger partial charge in [-0.05, 0) is 26.2 Å². The van der Waals surface area contributed by atoms with Gasteiger partial charge < -0.3 is 20.5 Å². The summed E-state index contributed by atoms with van der Waals surface area (Å²) in [5.74, 6) is -0.563. The number of rotatable bonds is 16. The van der Waals surface area contributed by atoms with Gasteiger partial charge in [0.2, 0.25) is 0 Å². The first kappa shape index (κ1) is 23.2. The van der Waals surface area contributed by atoms with Crippen molar-refractivity contribution in [1.82, 2.24) is 5.32 Å². The number of hydrogen-bond acceptors (Lipinski definition) is 3. The molecule has 0 aromatic heterocycles. The predicted octanol–water partition coefficient (Wildman–Crippen LogP) is 4.59. The normalized spacial score (nSPS) is 13.0. The molecular formula is C19H40N2O3. The SMILES string of the molecule is CCCCCCCCC(CNC(N)=O)C(C)(OCCC)OCCC. The van der Waals surface area contributed by atoms with Crippen molar-refractivity contribution < 1.29 is 14.3 Å². The summed E-state index contributed by atoms with van der Waals surface area (Å²) in [6, 6.07) is -0.490. The summed E-state index contributed by atoms with van der Waals surface area (Å²) in [7, 11) is 0. The molecule has 0 aliphatic carbocycles. The Bertz CT molecular complexity index is 303. The highest BCUT2D eigenvalue weighted by Gasteiger charge is 2.35. The van der Waals surface area contributed by atoms with Crippen LogP contribution in [-0.2, 0) is 9.47 Å². The maximum atomic E-state index is 11.1. The zero-order valence-corrected chi connectivity index (χ0v) is 16.4. The number of urea groups is 1. The molecule has 0 aliphatic heterocycles. The molecule has 0 aromatic rings. The maximum Gasteiger partial charge on any atom is 0.312 e. The lowest BCUT2D eigenvalue weighted by Gasteiger charge is -2.37. The van der Waals surface area contributed by atoms with Gasteiger partial charge in [0.05, 0.1) is 0 Å². The number of nitrogens with two attached hydrogens (primary N) is 1. The third-order valence-electron chi connectivity index (χ3n) is 4.36. The van der Waals surface area contributed by atoms with Crippen LogP contribution < -0.4 is 11.1 Å². The molecule has 0 rings (SSSR count). The number of nitrogens with one attached hydrogen (secondary N) is 1. The maximum absolute atomic E-state index is 11.1. The fraction of sp³-hybridized carbons (Fsp3) is 0.947. The van der Waals surface area contributed by atoms with Crippen molar-refractivity contribution in [1.29, 1.82) is 0 Å². The Kier molecular flexibility index (Phi) is 14.0. The van der Waals surface area contributed by atoms with Crippen LogP contribution >= 0.6 is 0 Å². The highest BCUT2D eigenvalue weighted by Crippen LogP contribution is 2.29. The minimum Gasteiger partial charge on any atom is -0.352 e. The fourth-order valence-electron chi connectivity index (χ4n) is 2.83. The van der Waals surface area contributed by atoms with Crippen LogP contribution in [0.4, 0.5) is 4.79 Å². The van der Waals surface area contributed by atoms with Crippen molar-refractivity contribution in [3.63, 3.8) is 0 Å². The summed E-state index contributed by atoms with van der Waals surface area (Å²) in [5.41, 5.74) is 5.26. The first-order chi connectivity index (χ1) is 11.5. The Morgan fingerprint density at radius 3 is 2.00 bits per heavy atom. The molecule has 0 saturated carbocycles. The van der Waals surface area contributed by atoms with E-state index >= 15 is 0 Å². The second-order valence-corrected chi connectivity index (χ2v) is 6.71. The lowest BCUT2D eigenvalue weighted by molar-refractivity contribution is -0.256. The first-order valence-electron chi connectivity index (χ1n) is 9.81. The minimum absolute atomic E-state index is 0.106. The number of hydrogen-bond donors (Lipinski definition) is 2. The Balaban J connectivity index is 4.65. The largest absolute Gasteiger partial charge is 0.352 e. The van der Waals surface area contributed by atoms with Crippen molar-refractivity contribution in [2.24, 2.45) is 11.7 Å². The highest BCUT2D eigenvalue weighted by molar-refractivity contribution is 5.71. The Labute approximate surface area is 149 Å². The third kappa shape index (κ3) is 10.9. The Morgan fingerprint density at radius 2 is 1.50 bits per heavy atom. The van der Waals surface area contributed by atoms with Gasteiger partial charge in [0, 0.05) is 25.7 Å². The second-order valence-electron chi connectivity index (χ2n) is 6.71. The van der Waals surface area contributed by atoms with Crippen molar-refractivity contribution in [2.45, 2.75) is 91.3 Å². The van der Waals surface area contributed by atoms with Crippen LogP contribution in [0.3, 0.4) is 0 Å². The van der Waals surface area contributed by atoms with Gasteiger partial charge >= 0.3 is 6.03 Å². The standard InChI is InChI=1S/C19H40N2O3/c1-5-8-9-10-11-12-13-17(16-21-18(20)22)19(4,23-14-6-2)24-15-7-3/h17H,5-16H2,1-4H3,(H3,20,21,22). The van der Waals surface area contributed by atoms with Crippen LogP contribution in [0.1, 0.15) is 85.5 Å². The van der Waals surface area contributed by atoms with E-state index in [1.54, 1.807) is 0 Å². The average molecular weight is 345 g/mol. The average Bonchev–Trinajstić information content (AvgIpc) is 2.56. The molecule has 0 fully saturated rings. The molecule has 5 nitrogen and oxygen atoms in total. The third-order valence-corrected chi connectivity index (χ3v) is 4.36. The second kappa shape index (κ2) is 14.5. The molecule has 0 aromatic carbocycles. The lowest BCUT2D eigenvalue weighted by atomic mass is 9.92. The van der Waals surface area contributed by atoms with E-state index in [9.17, 15) is 4.79 Å². The summed E-state index contributed by atoms with van der Waals surface area (Å²) in [4.78, 5) is 11.1. The van der Waals surface area contributed by atoms with Crippen molar-refractivity contribution in [2.75, 3.05) is 19.8 Å². The summed E-state index contributed by atoms with van der Waals surface area (Å²) >= 11 is 0. The van der Waals surface area contributed by atoms with Crippen LogP contribution in [0.2, 0.25) is 0 Å². The van der Waals surface area contributed by atoms with E-state index in [-0.39, 0.29) is 5.92 Å². The molecular weight excluding hydrogens is 304 g/mol. The van der Waals surface area contributed by atoms with Gasteiger partial charge in [-0.25, -0.2) is 4.79 Å². The summed E-state index contributed by atoms with van der Waals surface area (Å²) in [6.07, 6.45) is 10.3. The molecule has 0 heterocycles. The molecule has 0 spiro atoms. The number of carbonyl (C=O) groups excluding carboxylic acids is 1. The lowest BCUT2D eigenvalue weighted by Crippen LogP contribution is -2.47. The smallest absolute Gasteiger partial charge is 0.312 e. The molecule has 1 atom stereocenters. The van der Waals surface area contributed by atoms with Gasteiger partial charge in [-0.3, -0.25) is 0 Å². The van der Waals surface area contributed by atoms with Crippen LogP contribution in [0.5, 0.6) is 0 Å². The summed E-state index contributed by atoms with van der Waals surface area (Å²) < 4.78 is 12.1. The van der Waals surface area contributed by atoms with E-state index in [0.29, 0.717) is 19.8 Å². The van der Waals surface area contributed by atoms with Crippen LogP contribution in [-0.4, -0.2) is 31.6 Å². The van der Waals surface area contributed by atoms with Crippen molar-refractivity contribution in [3.8, 4) is 0 Å². The number of carbonyl (C=O) groups is 1. The topological polar surface area (TPSA) is 73.6 Å². The van der Waals surface area contributed by atoms with Crippen LogP contribution in [0.25, 0.3) is 0 Å². The van der Waals surface area contributed by atoms with Gasteiger partial charge in [-0.2, -0.15) is 0 Å². The van der Waals surface area contributed by atoms with E-state index in [1.807, 2.05) is 6.92 Å². The van der Waals surface area contributed by atoms with E-state index in [0.717, 1.165) is 25.7 Å². The van der Waals surface area contributed by atoms with E-state index in [4.69, 9.17) is 15.2 Å². The van der Waals surface area contributed by atoms with Gasteiger partial charge in [-0.1, -0.05) is 59.3 Å². The number of ether oxygens (including phenoxy) is 2. The molecule has 0 saturated heterocycles. The molecule has 0 radical (unpaired) electrons. The molecule has 144 valence electrons. The monoisotopic (exact) mass is 344 g/mol. The minimum atomic E-state index is -0.669. The fourth-order valence-corrected chi connectivity index (χ4v) is 2.83. The highest BCUT2D eigenvalue weighted by atomic mass is 16.7. The molecule has 0 bridgehead atoms. The van der Waals surface area contributed by atoms with Gasteiger partial charge in [0.1, 0.15) is 0 Å². The molecule has 2 amide bonds. The zero-order valence-electron chi connectivity index (χ0n) is 16.4. The van der Waals surface area contributed by atoms with Gasteiger partial charge in [0.25, 0.3) is 0 Å². The van der Waals surface area contributed by atoms with Gasteiger partial charge in [-0.15, -0.1) is 0 Å². The zero-order chi connectivity index (χ0) is 18.3. The molecule has 1 unspecified atom stereocenters. The number of amides is 2.